The molecule has 0 saturated heterocycles. The summed E-state index contributed by atoms with van der Waals surface area (Å²) in [4.78, 5) is 14.4. The molecule has 102 valence electrons. The van der Waals surface area contributed by atoms with Crippen molar-refractivity contribution in [3.63, 3.8) is 0 Å². The van der Waals surface area contributed by atoms with Crippen LogP contribution in [0.15, 0.2) is 5.38 Å². The Morgan fingerprint density at radius 2 is 2.33 bits per heavy atom. The first kappa shape index (κ1) is 15.0. The highest BCUT2D eigenvalue weighted by Gasteiger charge is 2.12. The summed E-state index contributed by atoms with van der Waals surface area (Å²) >= 11 is 1.10. The van der Waals surface area contributed by atoms with E-state index in [0.717, 1.165) is 11.3 Å². The summed E-state index contributed by atoms with van der Waals surface area (Å²) in [5.74, 6) is -1.15. The summed E-state index contributed by atoms with van der Waals surface area (Å²) in [7, 11) is -1.87. The van der Waals surface area contributed by atoms with Gasteiger partial charge in [0.2, 0.25) is 10.0 Å². The minimum absolute atomic E-state index is 0.00720. The third-order valence-corrected chi connectivity index (χ3v) is 4.23. The third-order valence-electron chi connectivity index (χ3n) is 1.98. The van der Waals surface area contributed by atoms with Gasteiger partial charge >= 0.3 is 5.97 Å². The molecule has 0 atom stereocenters. The maximum atomic E-state index is 11.5. The number of aromatic carboxylic acids is 1. The maximum Gasteiger partial charge on any atom is 0.355 e. The van der Waals surface area contributed by atoms with Crippen molar-refractivity contribution in [1.82, 2.24) is 9.71 Å². The summed E-state index contributed by atoms with van der Waals surface area (Å²) in [5, 5.41) is 10.5. The van der Waals surface area contributed by atoms with Gasteiger partial charge in [0.05, 0.1) is 12.3 Å². The highest BCUT2D eigenvalue weighted by molar-refractivity contribution is 7.89. The minimum Gasteiger partial charge on any atom is -0.476 e. The second-order valence-electron chi connectivity index (χ2n) is 3.42. The summed E-state index contributed by atoms with van der Waals surface area (Å²) in [6.07, 6.45) is 0.407. The zero-order valence-electron chi connectivity index (χ0n) is 9.75. The average molecular weight is 294 g/mol. The molecule has 9 heteroatoms. The number of methoxy groups -OCH3 is 1. The highest BCUT2D eigenvalue weighted by Crippen LogP contribution is 2.09. The average Bonchev–Trinajstić information content (AvgIpc) is 2.75. The molecule has 0 unspecified atom stereocenters. The van der Waals surface area contributed by atoms with E-state index in [-0.39, 0.29) is 18.0 Å². The number of carbonyl (C=O) groups is 1. The highest BCUT2D eigenvalue weighted by atomic mass is 32.2. The molecule has 0 amide bonds. The molecule has 0 aliphatic rings. The largest absolute Gasteiger partial charge is 0.476 e. The number of thiazole rings is 1. The molecule has 1 aromatic rings. The Balaban J connectivity index is 2.46. The molecule has 18 heavy (non-hydrogen) atoms. The lowest BCUT2D eigenvalue weighted by atomic mass is 10.5. The fourth-order valence-corrected chi connectivity index (χ4v) is 2.93. The van der Waals surface area contributed by atoms with Crippen molar-refractivity contribution in [1.29, 1.82) is 0 Å². The summed E-state index contributed by atoms with van der Waals surface area (Å²) < 4.78 is 30.1. The van der Waals surface area contributed by atoms with Crippen LogP contribution in [-0.2, 0) is 21.3 Å². The van der Waals surface area contributed by atoms with Crippen LogP contribution in [0, 0.1) is 0 Å². The van der Waals surface area contributed by atoms with Gasteiger partial charge in [-0.15, -0.1) is 11.3 Å². The standard InChI is InChI=1S/C9H14N2O5S2/c1-16-3-2-4-18(14,15)10-5-8-11-7(6-17-8)9(12)13/h6,10H,2-5H2,1H3,(H,12,13). The SMILES string of the molecule is COCCCS(=O)(=O)NCc1nc(C(=O)O)cs1. The van der Waals surface area contributed by atoms with Crippen molar-refractivity contribution in [3.05, 3.63) is 16.1 Å². The van der Waals surface area contributed by atoms with Crippen LogP contribution >= 0.6 is 11.3 Å². The van der Waals surface area contributed by atoms with Crippen LogP contribution in [0.3, 0.4) is 0 Å². The van der Waals surface area contributed by atoms with E-state index >= 15 is 0 Å². The minimum atomic E-state index is -3.37. The molecule has 2 N–H and O–H groups in total. The molecule has 0 spiro atoms. The van der Waals surface area contributed by atoms with E-state index in [1.165, 1.54) is 12.5 Å². The number of hydrogen-bond donors (Lipinski definition) is 2. The maximum absolute atomic E-state index is 11.5. The molecule has 7 nitrogen and oxygen atoms in total. The number of carboxylic acids is 1. The number of hydrogen-bond acceptors (Lipinski definition) is 6. The van der Waals surface area contributed by atoms with Crippen molar-refractivity contribution in [2.45, 2.75) is 13.0 Å². The Kier molecular flexibility index (Phi) is 5.66. The molecule has 1 aromatic heterocycles. The molecule has 0 aliphatic carbocycles. The van der Waals surface area contributed by atoms with Crippen molar-refractivity contribution in [2.24, 2.45) is 0 Å². The molecule has 0 fully saturated rings. The van der Waals surface area contributed by atoms with E-state index in [9.17, 15) is 13.2 Å². The van der Waals surface area contributed by atoms with Crippen LogP contribution < -0.4 is 4.72 Å². The second-order valence-corrected chi connectivity index (χ2v) is 6.29. The van der Waals surface area contributed by atoms with Gasteiger partial charge in [0, 0.05) is 19.1 Å². The fourth-order valence-electron chi connectivity index (χ4n) is 1.13. The van der Waals surface area contributed by atoms with Gasteiger partial charge in [-0.3, -0.25) is 0 Å². The predicted octanol–water partition coefficient (Wildman–Crippen LogP) is 0.297. The van der Waals surface area contributed by atoms with Crippen molar-refractivity contribution in [3.8, 4) is 0 Å². The van der Waals surface area contributed by atoms with Gasteiger partial charge in [-0.1, -0.05) is 0 Å². The number of nitrogens with zero attached hydrogens (tertiary/aromatic N) is 1. The number of carboxylic acid groups (broad SMARTS) is 1. The first-order chi connectivity index (χ1) is 8.44. The Bertz CT molecular complexity index is 497. The van der Waals surface area contributed by atoms with Crippen LogP contribution in [0.2, 0.25) is 0 Å². The molecule has 0 bridgehead atoms. The number of rotatable bonds is 8. The molecular formula is C9H14N2O5S2. The number of aromatic nitrogens is 1. The lowest BCUT2D eigenvalue weighted by Crippen LogP contribution is -2.26. The summed E-state index contributed by atoms with van der Waals surface area (Å²) in [6, 6.07) is 0. The fraction of sp³-hybridized carbons (Fsp3) is 0.556. The molecular weight excluding hydrogens is 280 g/mol. The molecule has 0 aromatic carbocycles. The summed E-state index contributed by atoms with van der Waals surface area (Å²) in [6.45, 7) is 0.384. The normalized spacial score (nSPS) is 11.6. The first-order valence-corrected chi connectivity index (χ1v) is 7.62. The number of ether oxygens (including phenoxy) is 1. The Morgan fingerprint density at radius 3 is 2.89 bits per heavy atom. The Hall–Kier alpha value is -1.03. The van der Waals surface area contributed by atoms with Gasteiger partial charge in [-0.2, -0.15) is 0 Å². The van der Waals surface area contributed by atoms with Crippen LogP contribution in [0.4, 0.5) is 0 Å². The van der Waals surface area contributed by atoms with Gasteiger partial charge in [0.1, 0.15) is 5.01 Å². The first-order valence-electron chi connectivity index (χ1n) is 5.08. The quantitative estimate of drug-likeness (QED) is 0.668. The van der Waals surface area contributed by atoms with E-state index in [2.05, 4.69) is 9.71 Å². The topological polar surface area (TPSA) is 106 Å². The van der Waals surface area contributed by atoms with Crippen LogP contribution in [0.25, 0.3) is 0 Å². The second kappa shape index (κ2) is 6.78. The van der Waals surface area contributed by atoms with E-state index in [1.807, 2.05) is 0 Å². The predicted molar refractivity (Wildman–Crippen MR) is 66.2 cm³/mol. The smallest absolute Gasteiger partial charge is 0.355 e. The van der Waals surface area contributed by atoms with Crippen LogP contribution in [-0.4, -0.2) is 43.9 Å². The molecule has 0 radical (unpaired) electrons. The lowest BCUT2D eigenvalue weighted by Gasteiger charge is -2.04. The van der Waals surface area contributed by atoms with Crippen molar-refractivity contribution < 1.29 is 23.1 Å². The van der Waals surface area contributed by atoms with Gasteiger partial charge in [-0.05, 0) is 6.42 Å². The van der Waals surface area contributed by atoms with Crippen LogP contribution in [0.5, 0.6) is 0 Å². The van der Waals surface area contributed by atoms with Gasteiger partial charge in [0.25, 0.3) is 0 Å². The van der Waals surface area contributed by atoms with Gasteiger partial charge in [0.15, 0.2) is 5.69 Å². The van der Waals surface area contributed by atoms with E-state index < -0.39 is 16.0 Å². The van der Waals surface area contributed by atoms with Gasteiger partial charge < -0.3 is 9.84 Å². The van der Waals surface area contributed by atoms with Crippen molar-refractivity contribution in [2.75, 3.05) is 19.5 Å². The Morgan fingerprint density at radius 1 is 1.61 bits per heavy atom. The van der Waals surface area contributed by atoms with E-state index in [0.29, 0.717) is 18.0 Å². The van der Waals surface area contributed by atoms with Crippen molar-refractivity contribution >= 4 is 27.3 Å². The van der Waals surface area contributed by atoms with E-state index in [4.69, 9.17) is 9.84 Å². The third kappa shape index (κ3) is 5.08. The van der Waals surface area contributed by atoms with Gasteiger partial charge in [-0.25, -0.2) is 22.9 Å². The monoisotopic (exact) mass is 294 g/mol. The van der Waals surface area contributed by atoms with E-state index in [1.54, 1.807) is 0 Å². The van der Waals surface area contributed by atoms with Crippen LogP contribution in [0.1, 0.15) is 21.9 Å². The molecule has 1 heterocycles. The number of sulfonamides is 1. The molecule has 1 rings (SSSR count). The number of nitrogens with one attached hydrogen (secondary N) is 1. The zero-order chi connectivity index (χ0) is 13.6. The molecule has 0 aliphatic heterocycles. The lowest BCUT2D eigenvalue weighted by molar-refractivity contribution is 0.0691. The molecule has 0 saturated carbocycles. The summed E-state index contributed by atoms with van der Waals surface area (Å²) in [5.41, 5.74) is -0.0754. The Labute approximate surface area is 109 Å². The zero-order valence-corrected chi connectivity index (χ0v) is 11.4.